The van der Waals surface area contributed by atoms with Gasteiger partial charge in [-0.05, 0) is 48.4 Å². The molecule has 0 atom stereocenters. The Hall–Kier alpha value is -3.91. The second-order valence-electron chi connectivity index (χ2n) is 7.57. The zero-order valence-electron chi connectivity index (χ0n) is 18.8. The van der Waals surface area contributed by atoms with Crippen molar-refractivity contribution in [2.45, 2.75) is 24.3 Å². The number of hydrogen-bond donors (Lipinski definition) is 0. The molecule has 0 unspecified atom stereocenters. The summed E-state index contributed by atoms with van der Waals surface area (Å²) in [6.45, 7) is 2.10. The van der Waals surface area contributed by atoms with Gasteiger partial charge in [0, 0.05) is 0 Å². The number of aryl methyl sites for hydroxylation is 1. The molecule has 0 N–H and O–H groups in total. The Morgan fingerprint density at radius 1 is 0.971 bits per heavy atom. The third-order valence-electron chi connectivity index (χ3n) is 5.49. The SMILES string of the molecule is CCc1ccc(-n2c(SCc3nc(-c4ccccc4OC)no3)nc3ccccc3c2=O)cc1. The summed E-state index contributed by atoms with van der Waals surface area (Å²) >= 11 is 1.38. The molecule has 0 spiro atoms. The van der Waals surface area contributed by atoms with Crippen LogP contribution < -0.4 is 10.3 Å². The van der Waals surface area contributed by atoms with Crippen LogP contribution in [0.5, 0.6) is 5.75 Å². The largest absolute Gasteiger partial charge is 0.496 e. The highest BCUT2D eigenvalue weighted by molar-refractivity contribution is 7.98. The number of fused-ring (bicyclic) bond motifs is 1. The van der Waals surface area contributed by atoms with Crippen molar-refractivity contribution in [3.05, 3.63) is 94.6 Å². The molecular formula is C26H22N4O3S. The molecule has 5 aromatic rings. The van der Waals surface area contributed by atoms with Gasteiger partial charge in [-0.2, -0.15) is 4.98 Å². The predicted octanol–water partition coefficient (Wildman–Crippen LogP) is 5.30. The number of benzene rings is 3. The molecule has 0 bridgehead atoms. The Kier molecular flexibility index (Phi) is 6.14. The highest BCUT2D eigenvalue weighted by Gasteiger charge is 2.17. The lowest BCUT2D eigenvalue weighted by Gasteiger charge is -2.13. The minimum atomic E-state index is -0.113. The molecule has 0 amide bonds. The van der Waals surface area contributed by atoms with Crippen molar-refractivity contribution in [1.29, 1.82) is 0 Å². The summed E-state index contributed by atoms with van der Waals surface area (Å²) in [6.07, 6.45) is 0.929. The first-order chi connectivity index (χ1) is 16.7. The molecule has 0 aliphatic rings. The molecule has 0 radical (unpaired) electrons. The summed E-state index contributed by atoms with van der Waals surface area (Å²) in [5, 5.41) is 5.24. The van der Waals surface area contributed by atoms with Crippen LogP contribution in [0.1, 0.15) is 18.4 Å². The molecule has 34 heavy (non-hydrogen) atoms. The highest BCUT2D eigenvalue weighted by atomic mass is 32.2. The first kappa shape index (κ1) is 21.9. The van der Waals surface area contributed by atoms with Gasteiger partial charge in [0.2, 0.25) is 11.7 Å². The molecule has 0 aliphatic heterocycles. The van der Waals surface area contributed by atoms with Crippen molar-refractivity contribution in [2.24, 2.45) is 0 Å². The van der Waals surface area contributed by atoms with Gasteiger partial charge in [0.25, 0.3) is 5.56 Å². The van der Waals surface area contributed by atoms with Crippen molar-refractivity contribution in [2.75, 3.05) is 7.11 Å². The van der Waals surface area contributed by atoms with Crippen molar-refractivity contribution in [3.63, 3.8) is 0 Å². The number of hydrogen-bond acceptors (Lipinski definition) is 7. The lowest BCUT2D eigenvalue weighted by Crippen LogP contribution is -2.21. The molecule has 0 aliphatic carbocycles. The van der Waals surface area contributed by atoms with E-state index in [1.165, 1.54) is 17.3 Å². The van der Waals surface area contributed by atoms with Crippen LogP contribution in [0.3, 0.4) is 0 Å². The molecule has 0 fully saturated rings. The van der Waals surface area contributed by atoms with Crippen LogP contribution in [0.15, 0.2) is 87.3 Å². The first-order valence-electron chi connectivity index (χ1n) is 10.9. The summed E-state index contributed by atoms with van der Waals surface area (Å²) < 4.78 is 12.5. The van der Waals surface area contributed by atoms with E-state index in [0.717, 1.165) is 17.7 Å². The van der Waals surface area contributed by atoms with Crippen molar-refractivity contribution in [1.82, 2.24) is 19.7 Å². The van der Waals surface area contributed by atoms with Crippen LogP contribution in [-0.2, 0) is 12.2 Å². The molecule has 0 saturated carbocycles. The number of nitrogens with zero attached hydrogens (tertiary/aromatic N) is 4. The van der Waals surface area contributed by atoms with E-state index in [9.17, 15) is 4.79 Å². The van der Waals surface area contributed by atoms with E-state index in [1.54, 1.807) is 17.7 Å². The standard InChI is InChI=1S/C26H22N4O3S/c1-3-17-12-14-18(15-13-17)30-25(31)19-8-4-6-10-21(19)27-26(30)34-16-23-28-24(29-33-23)20-9-5-7-11-22(20)32-2/h4-15H,3,16H2,1-2H3. The van der Waals surface area contributed by atoms with Crippen LogP contribution in [-0.4, -0.2) is 26.8 Å². The second-order valence-corrected chi connectivity index (χ2v) is 8.52. The summed E-state index contributed by atoms with van der Waals surface area (Å²) in [5.74, 6) is 1.91. The molecule has 5 rings (SSSR count). The summed E-state index contributed by atoms with van der Waals surface area (Å²) in [4.78, 5) is 22.7. The molecule has 3 aromatic carbocycles. The number of ether oxygens (including phenoxy) is 1. The zero-order chi connectivity index (χ0) is 23.5. The van der Waals surface area contributed by atoms with Crippen molar-refractivity contribution < 1.29 is 9.26 Å². The monoisotopic (exact) mass is 470 g/mol. The van der Waals surface area contributed by atoms with E-state index in [1.807, 2.05) is 66.7 Å². The van der Waals surface area contributed by atoms with Gasteiger partial charge < -0.3 is 9.26 Å². The third-order valence-corrected chi connectivity index (χ3v) is 6.41. The molecule has 2 heterocycles. The van der Waals surface area contributed by atoms with E-state index in [4.69, 9.17) is 14.2 Å². The fourth-order valence-corrected chi connectivity index (χ4v) is 4.55. The minimum Gasteiger partial charge on any atom is -0.496 e. The average Bonchev–Trinajstić information content (AvgIpc) is 3.36. The first-order valence-corrected chi connectivity index (χ1v) is 11.9. The lowest BCUT2D eigenvalue weighted by molar-refractivity contribution is 0.390. The Labute approximate surface area is 200 Å². The number of aromatic nitrogens is 4. The van der Waals surface area contributed by atoms with E-state index in [-0.39, 0.29) is 5.56 Å². The van der Waals surface area contributed by atoms with Gasteiger partial charge in [-0.3, -0.25) is 9.36 Å². The lowest BCUT2D eigenvalue weighted by atomic mass is 10.1. The van der Waals surface area contributed by atoms with Gasteiger partial charge in [-0.15, -0.1) is 0 Å². The van der Waals surface area contributed by atoms with Crippen molar-refractivity contribution >= 4 is 22.7 Å². The molecule has 7 nitrogen and oxygen atoms in total. The average molecular weight is 471 g/mol. The summed E-state index contributed by atoms with van der Waals surface area (Å²) in [6, 6.07) is 22.8. The molecule has 170 valence electrons. The van der Waals surface area contributed by atoms with E-state index in [2.05, 4.69) is 17.1 Å². The predicted molar refractivity (Wildman–Crippen MR) is 133 cm³/mol. The summed E-state index contributed by atoms with van der Waals surface area (Å²) in [5.41, 5.74) is 3.26. The van der Waals surface area contributed by atoms with E-state index < -0.39 is 0 Å². The Morgan fingerprint density at radius 3 is 2.53 bits per heavy atom. The van der Waals surface area contributed by atoms with Crippen LogP contribution >= 0.6 is 11.8 Å². The van der Waals surface area contributed by atoms with Crippen LogP contribution in [0.4, 0.5) is 0 Å². The fraction of sp³-hybridized carbons (Fsp3) is 0.154. The second kappa shape index (κ2) is 9.52. The molecular weight excluding hydrogens is 448 g/mol. The molecule has 2 aromatic heterocycles. The minimum absolute atomic E-state index is 0.113. The normalized spacial score (nSPS) is 11.1. The Balaban J connectivity index is 1.50. The van der Waals surface area contributed by atoms with Crippen LogP contribution in [0.2, 0.25) is 0 Å². The van der Waals surface area contributed by atoms with Gasteiger partial charge in [-0.25, -0.2) is 4.98 Å². The highest BCUT2D eigenvalue weighted by Crippen LogP contribution is 2.29. The third kappa shape index (κ3) is 4.20. The smallest absolute Gasteiger partial charge is 0.266 e. The number of rotatable bonds is 7. The van der Waals surface area contributed by atoms with Crippen molar-refractivity contribution in [3.8, 4) is 22.8 Å². The Morgan fingerprint density at radius 2 is 1.74 bits per heavy atom. The van der Waals surface area contributed by atoms with E-state index in [0.29, 0.717) is 39.3 Å². The van der Waals surface area contributed by atoms with E-state index >= 15 is 0 Å². The topological polar surface area (TPSA) is 83.0 Å². The Bertz CT molecular complexity index is 1510. The molecule has 8 heteroatoms. The van der Waals surface area contributed by atoms with Gasteiger partial charge in [0.15, 0.2) is 5.16 Å². The number of methoxy groups -OCH3 is 1. The van der Waals surface area contributed by atoms with Gasteiger partial charge in [-0.1, -0.05) is 60.2 Å². The fourth-order valence-electron chi connectivity index (χ4n) is 3.70. The van der Waals surface area contributed by atoms with Crippen LogP contribution in [0, 0.1) is 0 Å². The number of para-hydroxylation sites is 2. The number of thioether (sulfide) groups is 1. The van der Waals surface area contributed by atoms with Gasteiger partial charge >= 0.3 is 0 Å². The molecule has 0 saturated heterocycles. The van der Waals surface area contributed by atoms with Crippen LogP contribution in [0.25, 0.3) is 28.0 Å². The maximum atomic E-state index is 13.4. The maximum Gasteiger partial charge on any atom is 0.266 e. The van der Waals surface area contributed by atoms with Gasteiger partial charge in [0.05, 0.1) is 35.0 Å². The quantitative estimate of drug-likeness (QED) is 0.236. The zero-order valence-corrected chi connectivity index (χ0v) is 19.6. The maximum absolute atomic E-state index is 13.4. The summed E-state index contributed by atoms with van der Waals surface area (Å²) in [7, 11) is 1.60. The van der Waals surface area contributed by atoms with Gasteiger partial charge in [0.1, 0.15) is 5.75 Å².